The van der Waals surface area contributed by atoms with Gasteiger partial charge in [0.1, 0.15) is 5.76 Å². The summed E-state index contributed by atoms with van der Waals surface area (Å²) >= 11 is 0. The SMILES string of the molecule is COCCN1C(=O)C(=O)/C(=C(\O)c2ccc(C)c(C)c2)C1c1cccc(C)c1. The second-order valence-corrected chi connectivity index (χ2v) is 7.20. The molecule has 1 atom stereocenters. The summed E-state index contributed by atoms with van der Waals surface area (Å²) in [5, 5.41) is 11.0. The molecule has 1 unspecified atom stereocenters. The average Bonchev–Trinajstić information content (AvgIpc) is 2.92. The first kappa shape index (κ1) is 19.8. The first-order valence-electron chi connectivity index (χ1n) is 9.26. The predicted molar refractivity (Wildman–Crippen MR) is 108 cm³/mol. The molecule has 2 aromatic carbocycles. The lowest BCUT2D eigenvalue weighted by Gasteiger charge is -2.25. The number of carbonyl (C=O) groups excluding carboxylic acids is 2. The van der Waals surface area contributed by atoms with Crippen LogP contribution in [-0.4, -0.2) is 42.0 Å². The number of Topliss-reactive ketones (excluding diaryl/α,β-unsaturated/α-hetero) is 1. The minimum absolute atomic E-state index is 0.120. The highest BCUT2D eigenvalue weighted by Gasteiger charge is 2.45. The average molecular weight is 379 g/mol. The Morgan fingerprint density at radius 1 is 1.07 bits per heavy atom. The number of carbonyl (C=O) groups is 2. The maximum atomic E-state index is 12.9. The molecule has 1 N–H and O–H groups in total. The van der Waals surface area contributed by atoms with Gasteiger partial charge in [0.25, 0.3) is 11.7 Å². The van der Waals surface area contributed by atoms with Crippen LogP contribution in [0.25, 0.3) is 5.76 Å². The van der Waals surface area contributed by atoms with Crippen LogP contribution in [0.4, 0.5) is 0 Å². The summed E-state index contributed by atoms with van der Waals surface area (Å²) in [7, 11) is 1.55. The van der Waals surface area contributed by atoms with Gasteiger partial charge in [-0.3, -0.25) is 9.59 Å². The summed E-state index contributed by atoms with van der Waals surface area (Å²) in [6.07, 6.45) is 0. The van der Waals surface area contributed by atoms with E-state index in [1.54, 1.807) is 13.2 Å². The van der Waals surface area contributed by atoms with Crippen molar-refractivity contribution in [3.63, 3.8) is 0 Å². The largest absolute Gasteiger partial charge is 0.507 e. The summed E-state index contributed by atoms with van der Waals surface area (Å²) in [5.74, 6) is -1.43. The summed E-state index contributed by atoms with van der Waals surface area (Å²) in [5.41, 5.74) is 4.55. The Balaban J connectivity index is 2.18. The van der Waals surface area contributed by atoms with E-state index >= 15 is 0 Å². The van der Waals surface area contributed by atoms with Crippen molar-refractivity contribution in [3.8, 4) is 0 Å². The Morgan fingerprint density at radius 2 is 1.82 bits per heavy atom. The molecule has 1 saturated heterocycles. The van der Waals surface area contributed by atoms with Gasteiger partial charge in [0, 0.05) is 19.2 Å². The zero-order chi connectivity index (χ0) is 20.4. The molecule has 1 amide bonds. The van der Waals surface area contributed by atoms with Crippen molar-refractivity contribution in [2.75, 3.05) is 20.3 Å². The molecule has 1 aliphatic rings. The van der Waals surface area contributed by atoms with Crippen molar-refractivity contribution < 1.29 is 19.4 Å². The summed E-state index contributed by atoms with van der Waals surface area (Å²) in [6.45, 7) is 6.45. The van der Waals surface area contributed by atoms with Crippen molar-refractivity contribution in [2.24, 2.45) is 0 Å². The highest BCUT2D eigenvalue weighted by Crippen LogP contribution is 2.39. The fraction of sp³-hybridized carbons (Fsp3) is 0.304. The maximum Gasteiger partial charge on any atom is 0.295 e. The lowest BCUT2D eigenvalue weighted by Crippen LogP contribution is -2.32. The van der Waals surface area contributed by atoms with E-state index in [0.29, 0.717) is 12.2 Å². The van der Waals surface area contributed by atoms with Crippen LogP contribution in [-0.2, 0) is 14.3 Å². The van der Waals surface area contributed by atoms with E-state index in [1.807, 2.05) is 57.2 Å². The summed E-state index contributed by atoms with van der Waals surface area (Å²) in [6, 6.07) is 12.5. The monoisotopic (exact) mass is 379 g/mol. The molecule has 0 bridgehead atoms. The summed E-state index contributed by atoms with van der Waals surface area (Å²) in [4.78, 5) is 27.1. The molecular formula is C23H25NO4. The predicted octanol–water partition coefficient (Wildman–Crippen LogP) is 3.68. The van der Waals surface area contributed by atoms with E-state index in [-0.39, 0.29) is 17.9 Å². The zero-order valence-corrected chi connectivity index (χ0v) is 16.7. The normalized spacial score (nSPS) is 18.7. The van der Waals surface area contributed by atoms with Gasteiger partial charge in [-0.2, -0.15) is 0 Å². The molecule has 0 saturated carbocycles. The van der Waals surface area contributed by atoms with Crippen molar-refractivity contribution in [2.45, 2.75) is 26.8 Å². The van der Waals surface area contributed by atoms with Gasteiger partial charge in [0.15, 0.2) is 0 Å². The van der Waals surface area contributed by atoms with E-state index in [0.717, 1.165) is 22.3 Å². The van der Waals surface area contributed by atoms with Gasteiger partial charge in [0.05, 0.1) is 18.2 Å². The van der Waals surface area contributed by atoms with Crippen LogP contribution >= 0.6 is 0 Å². The number of rotatable bonds is 5. The Kier molecular flexibility index (Phi) is 5.66. The van der Waals surface area contributed by atoms with Crippen LogP contribution in [0, 0.1) is 20.8 Å². The Labute approximate surface area is 165 Å². The molecule has 1 fully saturated rings. The molecule has 5 nitrogen and oxygen atoms in total. The number of ketones is 1. The minimum Gasteiger partial charge on any atom is -0.507 e. The van der Waals surface area contributed by atoms with Crippen molar-refractivity contribution in [3.05, 3.63) is 75.9 Å². The van der Waals surface area contributed by atoms with Crippen LogP contribution in [0.3, 0.4) is 0 Å². The first-order valence-corrected chi connectivity index (χ1v) is 9.26. The van der Waals surface area contributed by atoms with Crippen molar-refractivity contribution in [1.29, 1.82) is 0 Å². The van der Waals surface area contributed by atoms with Gasteiger partial charge in [-0.25, -0.2) is 0 Å². The molecule has 5 heteroatoms. The third kappa shape index (κ3) is 3.58. The molecule has 1 heterocycles. The number of likely N-dealkylation sites (tertiary alicyclic amines) is 1. The molecule has 146 valence electrons. The molecule has 1 aliphatic heterocycles. The molecule has 0 aliphatic carbocycles. The van der Waals surface area contributed by atoms with Gasteiger partial charge in [-0.1, -0.05) is 42.0 Å². The lowest BCUT2D eigenvalue weighted by molar-refractivity contribution is -0.140. The Bertz CT molecular complexity index is 961. The fourth-order valence-corrected chi connectivity index (χ4v) is 3.53. The number of hydrogen-bond donors (Lipinski definition) is 1. The second kappa shape index (κ2) is 7.98. The summed E-state index contributed by atoms with van der Waals surface area (Å²) < 4.78 is 5.12. The first-order chi connectivity index (χ1) is 13.3. The van der Waals surface area contributed by atoms with Crippen LogP contribution in [0.5, 0.6) is 0 Å². The van der Waals surface area contributed by atoms with E-state index in [2.05, 4.69) is 0 Å². The number of methoxy groups -OCH3 is 1. The van der Waals surface area contributed by atoms with Gasteiger partial charge >= 0.3 is 0 Å². The fourth-order valence-electron chi connectivity index (χ4n) is 3.53. The number of aliphatic hydroxyl groups is 1. The molecule has 3 rings (SSSR count). The lowest BCUT2D eigenvalue weighted by atomic mass is 9.93. The quantitative estimate of drug-likeness (QED) is 0.489. The van der Waals surface area contributed by atoms with Crippen LogP contribution in [0.2, 0.25) is 0 Å². The molecule has 0 aromatic heterocycles. The molecule has 28 heavy (non-hydrogen) atoms. The number of benzene rings is 2. The van der Waals surface area contributed by atoms with Crippen molar-refractivity contribution >= 4 is 17.4 Å². The van der Waals surface area contributed by atoms with Gasteiger partial charge in [0.2, 0.25) is 0 Å². The third-order valence-corrected chi connectivity index (χ3v) is 5.21. The van der Waals surface area contributed by atoms with E-state index in [9.17, 15) is 14.7 Å². The number of ether oxygens (including phenoxy) is 1. The van der Waals surface area contributed by atoms with Gasteiger partial charge < -0.3 is 14.7 Å². The van der Waals surface area contributed by atoms with E-state index in [4.69, 9.17) is 4.74 Å². The number of aliphatic hydroxyl groups excluding tert-OH is 1. The second-order valence-electron chi connectivity index (χ2n) is 7.20. The Hall–Kier alpha value is -2.92. The van der Waals surface area contributed by atoms with E-state index in [1.165, 1.54) is 4.90 Å². The minimum atomic E-state index is -0.668. The number of amides is 1. The van der Waals surface area contributed by atoms with E-state index < -0.39 is 17.7 Å². The highest BCUT2D eigenvalue weighted by atomic mass is 16.5. The van der Waals surface area contributed by atoms with Crippen molar-refractivity contribution in [1.82, 2.24) is 4.90 Å². The van der Waals surface area contributed by atoms with Gasteiger partial charge in [-0.05, 0) is 43.5 Å². The zero-order valence-electron chi connectivity index (χ0n) is 16.7. The van der Waals surface area contributed by atoms with Crippen LogP contribution < -0.4 is 0 Å². The standard InChI is InChI=1S/C23H25NO4/c1-14-6-5-7-17(12-14)20-19(22(26)23(27)24(20)10-11-28-4)21(25)18-9-8-15(2)16(3)13-18/h5-9,12-13,20,25H,10-11H2,1-4H3/b21-19-. The number of hydrogen-bond acceptors (Lipinski definition) is 4. The van der Waals surface area contributed by atoms with Gasteiger partial charge in [-0.15, -0.1) is 0 Å². The third-order valence-electron chi connectivity index (χ3n) is 5.21. The topological polar surface area (TPSA) is 66.8 Å². The maximum absolute atomic E-state index is 12.9. The molecular weight excluding hydrogens is 354 g/mol. The number of nitrogens with zero attached hydrogens (tertiary/aromatic N) is 1. The molecule has 0 spiro atoms. The van der Waals surface area contributed by atoms with Crippen LogP contribution in [0.15, 0.2) is 48.0 Å². The number of aryl methyl sites for hydroxylation is 3. The Morgan fingerprint density at radius 3 is 2.46 bits per heavy atom. The smallest absolute Gasteiger partial charge is 0.295 e. The molecule has 0 radical (unpaired) electrons. The molecule has 2 aromatic rings. The highest BCUT2D eigenvalue weighted by molar-refractivity contribution is 6.46. The van der Waals surface area contributed by atoms with Crippen LogP contribution in [0.1, 0.15) is 33.9 Å².